The highest BCUT2D eigenvalue weighted by atomic mass is 35.5. The van der Waals surface area contributed by atoms with Crippen LogP contribution in [0.4, 0.5) is 10.2 Å². The second-order valence-corrected chi connectivity index (χ2v) is 11.3. The highest BCUT2D eigenvalue weighted by molar-refractivity contribution is 7.20. The number of hydrogen-bond donors (Lipinski definition) is 1. The van der Waals surface area contributed by atoms with Crippen molar-refractivity contribution in [1.82, 2.24) is 14.8 Å². The number of piperazine rings is 1. The van der Waals surface area contributed by atoms with Gasteiger partial charge in [-0.15, -0.1) is 11.3 Å². The van der Waals surface area contributed by atoms with Gasteiger partial charge in [-0.1, -0.05) is 17.7 Å². The molecule has 0 unspecified atom stereocenters. The monoisotopic (exact) mass is 611 g/mol. The third-order valence-corrected chi connectivity index (χ3v) is 8.91. The fourth-order valence-electron chi connectivity index (χ4n) is 5.11. The van der Waals surface area contributed by atoms with Gasteiger partial charge in [0.05, 0.1) is 29.2 Å². The van der Waals surface area contributed by atoms with E-state index in [1.54, 1.807) is 22.3 Å². The van der Waals surface area contributed by atoms with Crippen LogP contribution >= 0.6 is 22.9 Å². The molecule has 0 bridgehead atoms. The molecular formula is C29H31ClFN7O3S. The molecule has 0 radical (unpaired) electrons. The summed E-state index contributed by atoms with van der Waals surface area (Å²) >= 11 is 8.25. The Morgan fingerprint density at radius 2 is 1.95 bits per heavy atom. The smallest absolute Gasteiger partial charge is 0.254 e. The first-order valence-corrected chi connectivity index (χ1v) is 14.7. The number of rotatable bonds is 8. The fraction of sp³-hybridized carbons (Fsp3) is 0.345. The van der Waals surface area contributed by atoms with Gasteiger partial charge in [0.1, 0.15) is 5.82 Å². The van der Waals surface area contributed by atoms with Crippen molar-refractivity contribution >= 4 is 68.7 Å². The number of anilines is 1. The van der Waals surface area contributed by atoms with Crippen molar-refractivity contribution in [2.45, 2.75) is 12.8 Å². The minimum atomic E-state index is -0.463. The highest BCUT2D eigenvalue weighted by Gasteiger charge is 2.26. The summed E-state index contributed by atoms with van der Waals surface area (Å²) in [7, 11) is 1.48. The van der Waals surface area contributed by atoms with Gasteiger partial charge in [-0.25, -0.2) is 9.37 Å². The van der Waals surface area contributed by atoms with Crippen LogP contribution in [0.5, 0.6) is 5.75 Å². The molecule has 0 aliphatic carbocycles. The molecule has 220 valence electrons. The molecule has 2 aromatic heterocycles. The number of thiophene rings is 1. The van der Waals surface area contributed by atoms with E-state index in [0.717, 1.165) is 33.2 Å². The van der Waals surface area contributed by atoms with Crippen molar-refractivity contribution < 1.29 is 18.7 Å². The van der Waals surface area contributed by atoms with Crippen LogP contribution < -0.4 is 15.5 Å². The third-order valence-electron chi connectivity index (χ3n) is 7.24. The lowest BCUT2D eigenvalue weighted by Crippen LogP contribution is -2.49. The average molecular weight is 612 g/mol. The van der Waals surface area contributed by atoms with Crippen LogP contribution in [0.15, 0.2) is 46.6 Å². The number of fused-ring (bicyclic) bond motifs is 1. The molecule has 5 rings (SSSR count). The van der Waals surface area contributed by atoms with Crippen molar-refractivity contribution in [3.05, 3.63) is 57.8 Å². The summed E-state index contributed by atoms with van der Waals surface area (Å²) in [6, 6.07) is 6.96. The third kappa shape index (κ3) is 6.55. The van der Waals surface area contributed by atoms with Crippen LogP contribution in [-0.4, -0.2) is 92.0 Å². The number of hydrazone groups is 1. The van der Waals surface area contributed by atoms with E-state index in [1.165, 1.54) is 25.6 Å². The standard InChI is InChI=1S/C29H31ClFN7O3S/c1-41-24-16-22(31)17-34-28(24)36-9-11-37(12-10-36)29(40)21-13-20-15-25(42-27(20)23(30)14-21)19-3-2-8-38(18-19)26(39)4-5-33-6-7-35-32/h3,6-7,13-17H,2,4-5,8-12,18,32H2,1H3/b33-6?,35-7-. The van der Waals surface area contributed by atoms with E-state index in [2.05, 4.69) is 21.2 Å². The van der Waals surface area contributed by atoms with Gasteiger partial charge in [0.2, 0.25) is 5.91 Å². The van der Waals surface area contributed by atoms with Crippen molar-refractivity contribution in [3.8, 4) is 5.75 Å². The molecule has 1 fully saturated rings. The summed E-state index contributed by atoms with van der Waals surface area (Å²) in [4.78, 5) is 41.1. The molecule has 13 heteroatoms. The Kier molecular flexibility index (Phi) is 9.33. The second-order valence-electron chi connectivity index (χ2n) is 9.88. The molecule has 0 atom stereocenters. The fourth-order valence-corrected chi connectivity index (χ4v) is 6.53. The van der Waals surface area contributed by atoms with Crippen LogP contribution in [0, 0.1) is 5.82 Å². The van der Waals surface area contributed by atoms with Crippen LogP contribution in [0.3, 0.4) is 0 Å². The largest absolute Gasteiger partial charge is 0.493 e. The van der Waals surface area contributed by atoms with E-state index < -0.39 is 5.82 Å². The van der Waals surface area contributed by atoms with Crippen molar-refractivity contribution in [3.63, 3.8) is 0 Å². The van der Waals surface area contributed by atoms with Crippen molar-refractivity contribution in [2.75, 3.05) is 57.8 Å². The van der Waals surface area contributed by atoms with Gasteiger partial charge in [0.15, 0.2) is 11.6 Å². The van der Waals surface area contributed by atoms with Gasteiger partial charge < -0.3 is 25.3 Å². The number of carbonyl (C=O) groups excluding carboxylic acids is 2. The second kappa shape index (κ2) is 13.3. The van der Waals surface area contributed by atoms with Gasteiger partial charge in [0, 0.05) is 75.0 Å². The molecule has 10 nitrogen and oxygen atoms in total. The summed E-state index contributed by atoms with van der Waals surface area (Å²) in [5.74, 6) is 5.45. The predicted octanol–water partition coefficient (Wildman–Crippen LogP) is 4.08. The predicted molar refractivity (Wildman–Crippen MR) is 166 cm³/mol. The minimum absolute atomic E-state index is 0.0446. The Bertz CT molecular complexity index is 1570. The SMILES string of the molecule is COc1cc(F)cnc1N1CCN(C(=O)c2cc(Cl)c3sc(C4=CCCN(C(=O)CCN=C/C=N\N)C4)cc3c2)CC1. The zero-order valence-corrected chi connectivity index (χ0v) is 24.7. The van der Waals surface area contributed by atoms with E-state index in [0.29, 0.717) is 74.4 Å². The number of methoxy groups -OCH3 is 1. The lowest BCUT2D eigenvalue weighted by molar-refractivity contribution is -0.130. The summed E-state index contributed by atoms with van der Waals surface area (Å²) in [6.45, 7) is 3.59. The number of nitrogens with zero attached hydrogens (tertiary/aromatic N) is 6. The minimum Gasteiger partial charge on any atom is -0.493 e. The van der Waals surface area contributed by atoms with E-state index in [4.69, 9.17) is 22.2 Å². The highest BCUT2D eigenvalue weighted by Crippen LogP contribution is 2.38. The summed E-state index contributed by atoms with van der Waals surface area (Å²) in [5, 5.41) is 4.76. The Morgan fingerprint density at radius 1 is 1.14 bits per heavy atom. The Balaban J connectivity index is 1.25. The molecule has 2 amide bonds. The molecule has 2 N–H and O–H groups in total. The number of amides is 2. The normalized spacial score (nSPS) is 16.1. The lowest BCUT2D eigenvalue weighted by atomic mass is 10.1. The topological polar surface area (TPSA) is 117 Å². The molecular weight excluding hydrogens is 581 g/mol. The summed E-state index contributed by atoms with van der Waals surface area (Å²) in [5.41, 5.74) is 1.59. The Hall–Kier alpha value is -4.03. The van der Waals surface area contributed by atoms with Gasteiger partial charge in [0.25, 0.3) is 5.91 Å². The lowest BCUT2D eigenvalue weighted by Gasteiger charge is -2.36. The number of benzene rings is 1. The average Bonchev–Trinajstić information content (AvgIpc) is 3.46. The number of ether oxygens (including phenoxy) is 1. The molecule has 1 saturated heterocycles. The number of pyridine rings is 1. The molecule has 2 aliphatic heterocycles. The van der Waals surface area contributed by atoms with Crippen molar-refractivity contribution in [2.24, 2.45) is 15.9 Å². The first-order chi connectivity index (χ1) is 20.4. The molecule has 2 aliphatic rings. The summed E-state index contributed by atoms with van der Waals surface area (Å²) in [6.07, 6.45) is 7.27. The van der Waals surface area contributed by atoms with Crippen LogP contribution in [0.25, 0.3) is 15.7 Å². The van der Waals surface area contributed by atoms with Gasteiger partial charge in [-0.05, 0) is 35.6 Å². The van der Waals surface area contributed by atoms with E-state index in [-0.39, 0.29) is 11.8 Å². The zero-order valence-electron chi connectivity index (χ0n) is 23.1. The molecule has 1 aromatic carbocycles. The molecule has 0 saturated carbocycles. The van der Waals surface area contributed by atoms with Gasteiger partial charge in [-0.2, -0.15) is 5.10 Å². The zero-order chi connectivity index (χ0) is 29.6. The van der Waals surface area contributed by atoms with Crippen LogP contribution in [0.2, 0.25) is 5.02 Å². The van der Waals surface area contributed by atoms with Crippen LogP contribution in [0.1, 0.15) is 28.1 Å². The molecule has 0 spiro atoms. The quantitative estimate of drug-likeness (QED) is 0.233. The maximum Gasteiger partial charge on any atom is 0.254 e. The maximum atomic E-state index is 13.6. The van der Waals surface area contributed by atoms with E-state index in [1.807, 2.05) is 21.9 Å². The van der Waals surface area contributed by atoms with Crippen LogP contribution in [-0.2, 0) is 4.79 Å². The van der Waals surface area contributed by atoms with Crippen molar-refractivity contribution in [1.29, 1.82) is 0 Å². The first-order valence-electron chi connectivity index (χ1n) is 13.5. The Labute approximate surface area is 251 Å². The first kappa shape index (κ1) is 29.5. The van der Waals surface area contributed by atoms with E-state index >= 15 is 0 Å². The summed E-state index contributed by atoms with van der Waals surface area (Å²) < 4.78 is 19.8. The molecule has 42 heavy (non-hydrogen) atoms. The molecule has 3 aromatic rings. The number of aliphatic imine (C=N–C) groups is 1. The molecule has 4 heterocycles. The van der Waals surface area contributed by atoms with E-state index in [9.17, 15) is 14.0 Å². The number of nitrogens with two attached hydrogens (primary N) is 1. The number of hydrogen-bond acceptors (Lipinski definition) is 9. The number of aromatic nitrogens is 1. The maximum absolute atomic E-state index is 13.6. The van der Waals surface area contributed by atoms with Gasteiger partial charge in [-0.3, -0.25) is 14.6 Å². The Morgan fingerprint density at radius 3 is 2.71 bits per heavy atom. The number of carbonyl (C=O) groups is 2. The number of halogens is 2. The van der Waals surface area contributed by atoms with Gasteiger partial charge >= 0.3 is 0 Å².